The average Bonchev–Trinajstić information content (AvgIpc) is 2.82. The molecule has 0 bridgehead atoms. The lowest BCUT2D eigenvalue weighted by atomic mass is 10.1. The van der Waals surface area contributed by atoms with Gasteiger partial charge in [0.2, 0.25) is 0 Å². The average molecular weight is 248 g/mol. The number of ether oxygens (including phenoxy) is 1. The summed E-state index contributed by atoms with van der Waals surface area (Å²) in [5.74, 6) is 1.35. The first-order valence-corrected chi connectivity index (χ1v) is 5.91. The molecular formula is C13H16N2O3. The Hall–Kier alpha value is -1.88. The summed E-state index contributed by atoms with van der Waals surface area (Å²) >= 11 is 0. The Balaban J connectivity index is 2.11. The number of aryl methyl sites for hydroxylation is 1. The molecule has 1 aromatic heterocycles. The highest BCUT2D eigenvalue weighted by Crippen LogP contribution is 2.24. The van der Waals surface area contributed by atoms with E-state index in [1.807, 2.05) is 19.9 Å². The standard InChI is InChI=1S/C13H16N2O3/c1-3-17-7-6-12-14-13(18-15-12)10-4-5-11(16)9(2)8-10/h4-5,8,16H,3,6-7H2,1-2H3. The second-order valence-electron chi connectivity index (χ2n) is 3.96. The van der Waals surface area contributed by atoms with E-state index in [0.29, 0.717) is 31.3 Å². The van der Waals surface area contributed by atoms with Crippen LogP contribution in [-0.2, 0) is 11.2 Å². The zero-order chi connectivity index (χ0) is 13.0. The molecule has 1 N–H and O–H groups in total. The van der Waals surface area contributed by atoms with Gasteiger partial charge in [0, 0.05) is 18.6 Å². The molecule has 0 aliphatic carbocycles. The van der Waals surface area contributed by atoms with Crippen LogP contribution in [-0.4, -0.2) is 28.5 Å². The summed E-state index contributed by atoms with van der Waals surface area (Å²) < 4.78 is 10.4. The molecule has 0 aliphatic heterocycles. The maximum Gasteiger partial charge on any atom is 0.257 e. The number of aromatic hydroxyl groups is 1. The first kappa shape index (κ1) is 12.6. The van der Waals surface area contributed by atoms with Crippen LogP contribution in [0.4, 0.5) is 0 Å². The maximum atomic E-state index is 9.46. The lowest BCUT2D eigenvalue weighted by Crippen LogP contribution is -1.99. The van der Waals surface area contributed by atoms with E-state index in [9.17, 15) is 5.11 Å². The lowest BCUT2D eigenvalue weighted by molar-refractivity contribution is 0.149. The van der Waals surface area contributed by atoms with Crippen LogP contribution in [0, 0.1) is 6.92 Å². The fraction of sp³-hybridized carbons (Fsp3) is 0.385. The van der Waals surface area contributed by atoms with Crippen LogP contribution < -0.4 is 0 Å². The van der Waals surface area contributed by atoms with Gasteiger partial charge in [-0.2, -0.15) is 4.98 Å². The fourth-order valence-corrected chi connectivity index (χ4v) is 1.57. The van der Waals surface area contributed by atoms with Gasteiger partial charge in [0.25, 0.3) is 5.89 Å². The normalized spacial score (nSPS) is 10.8. The largest absolute Gasteiger partial charge is 0.508 e. The third kappa shape index (κ3) is 2.87. The fourth-order valence-electron chi connectivity index (χ4n) is 1.57. The molecule has 0 unspecified atom stereocenters. The molecule has 0 radical (unpaired) electrons. The molecule has 0 saturated carbocycles. The predicted octanol–water partition coefficient (Wildman–Crippen LogP) is 2.33. The van der Waals surface area contributed by atoms with Crippen molar-refractivity contribution in [3.8, 4) is 17.2 Å². The van der Waals surface area contributed by atoms with Crippen LogP contribution in [0.1, 0.15) is 18.3 Å². The SMILES string of the molecule is CCOCCc1noc(-c2ccc(O)c(C)c2)n1. The molecule has 1 heterocycles. The third-order valence-electron chi connectivity index (χ3n) is 2.59. The molecule has 2 rings (SSSR count). The molecule has 0 spiro atoms. The van der Waals surface area contributed by atoms with E-state index >= 15 is 0 Å². The highest BCUT2D eigenvalue weighted by atomic mass is 16.5. The smallest absolute Gasteiger partial charge is 0.257 e. The molecule has 0 saturated heterocycles. The van der Waals surface area contributed by atoms with Gasteiger partial charge < -0.3 is 14.4 Å². The topological polar surface area (TPSA) is 68.4 Å². The van der Waals surface area contributed by atoms with E-state index in [0.717, 1.165) is 11.1 Å². The molecule has 0 fully saturated rings. The van der Waals surface area contributed by atoms with Gasteiger partial charge in [-0.3, -0.25) is 0 Å². The quantitative estimate of drug-likeness (QED) is 0.822. The van der Waals surface area contributed by atoms with Crippen LogP contribution in [0.5, 0.6) is 5.75 Å². The third-order valence-corrected chi connectivity index (χ3v) is 2.59. The Morgan fingerprint density at radius 3 is 2.94 bits per heavy atom. The van der Waals surface area contributed by atoms with Crippen LogP contribution in [0.2, 0.25) is 0 Å². The van der Waals surface area contributed by atoms with Crippen molar-refractivity contribution < 1.29 is 14.4 Å². The van der Waals surface area contributed by atoms with Crippen molar-refractivity contribution in [1.82, 2.24) is 10.1 Å². The molecule has 96 valence electrons. The van der Waals surface area contributed by atoms with Crippen molar-refractivity contribution in [2.24, 2.45) is 0 Å². The molecule has 5 nitrogen and oxygen atoms in total. The molecule has 2 aromatic rings. The number of benzene rings is 1. The molecule has 0 atom stereocenters. The van der Waals surface area contributed by atoms with Gasteiger partial charge >= 0.3 is 0 Å². The number of rotatable bonds is 5. The van der Waals surface area contributed by atoms with Crippen molar-refractivity contribution in [3.63, 3.8) is 0 Å². The number of nitrogens with zero attached hydrogens (tertiary/aromatic N) is 2. The number of hydrogen-bond donors (Lipinski definition) is 1. The summed E-state index contributed by atoms with van der Waals surface area (Å²) in [6, 6.07) is 5.19. The predicted molar refractivity (Wildman–Crippen MR) is 66.3 cm³/mol. The van der Waals surface area contributed by atoms with Crippen molar-refractivity contribution in [2.75, 3.05) is 13.2 Å². The Morgan fingerprint density at radius 1 is 1.39 bits per heavy atom. The molecule has 5 heteroatoms. The zero-order valence-electron chi connectivity index (χ0n) is 10.5. The second-order valence-corrected chi connectivity index (χ2v) is 3.96. The minimum Gasteiger partial charge on any atom is -0.508 e. The van der Waals surface area contributed by atoms with Gasteiger partial charge in [0.05, 0.1) is 6.61 Å². The number of phenolic OH excluding ortho intramolecular Hbond substituents is 1. The summed E-state index contributed by atoms with van der Waals surface area (Å²) in [6.45, 7) is 5.04. The van der Waals surface area contributed by atoms with Crippen molar-refractivity contribution in [1.29, 1.82) is 0 Å². The van der Waals surface area contributed by atoms with Gasteiger partial charge in [-0.15, -0.1) is 0 Å². The van der Waals surface area contributed by atoms with Crippen molar-refractivity contribution in [2.45, 2.75) is 20.3 Å². The zero-order valence-corrected chi connectivity index (χ0v) is 10.5. The highest BCUT2D eigenvalue weighted by molar-refractivity contribution is 5.56. The van der Waals surface area contributed by atoms with Gasteiger partial charge in [-0.05, 0) is 37.6 Å². The van der Waals surface area contributed by atoms with E-state index in [1.165, 1.54) is 0 Å². The van der Waals surface area contributed by atoms with Crippen molar-refractivity contribution >= 4 is 0 Å². The number of phenols is 1. The van der Waals surface area contributed by atoms with Crippen LogP contribution in [0.15, 0.2) is 22.7 Å². The first-order valence-electron chi connectivity index (χ1n) is 5.91. The van der Waals surface area contributed by atoms with Crippen LogP contribution >= 0.6 is 0 Å². The molecule has 18 heavy (non-hydrogen) atoms. The molecule has 0 amide bonds. The van der Waals surface area contributed by atoms with Gasteiger partial charge in [0.1, 0.15) is 5.75 Å². The maximum absolute atomic E-state index is 9.46. The van der Waals surface area contributed by atoms with E-state index in [2.05, 4.69) is 10.1 Å². The van der Waals surface area contributed by atoms with E-state index in [1.54, 1.807) is 12.1 Å². The van der Waals surface area contributed by atoms with Crippen LogP contribution in [0.3, 0.4) is 0 Å². The Morgan fingerprint density at radius 2 is 2.22 bits per heavy atom. The summed E-state index contributed by atoms with van der Waals surface area (Å²) in [5, 5.41) is 13.3. The van der Waals surface area contributed by atoms with Crippen molar-refractivity contribution in [3.05, 3.63) is 29.6 Å². The minimum atomic E-state index is 0.259. The summed E-state index contributed by atoms with van der Waals surface area (Å²) in [4.78, 5) is 4.28. The first-order chi connectivity index (χ1) is 8.70. The second kappa shape index (κ2) is 5.64. The number of hydrogen-bond acceptors (Lipinski definition) is 5. The minimum absolute atomic E-state index is 0.259. The van der Waals surface area contributed by atoms with E-state index in [4.69, 9.17) is 9.26 Å². The van der Waals surface area contributed by atoms with Crippen LogP contribution in [0.25, 0.3) is 11.5 Å². The van der Waals surface area contributed by atoms with E-state index in [-0.39, 0.29) is 5.75 Å². The Labute approximate surface area is 105 Å². The van der Waals surface area contributed by atoms with Gasteiger partial charge in [-0.1, -0.05) is 5.16 Å². The number of aromatic nitrogens is 2. The van der Waals surface area contributed by atoms with Gasteiger partial charge in [0.15, 0.2) is 5.82 Å². The Kier molecular flexibility index (Phi) is 3.94. The summed E-state index contributed by atoms with van der Waals surface area (Å²) in [5.41, 5.74) is 1.59. The molecular weight excluding hydrogens is 232 g/mol. The Bertz CT molecular complexity index is 523. The highest BCUT2D eigenvalue weighted by Gasteiger charge is 2.09. The van der Waals surface area contributed by atoms with E-state index < -0.39 is 0 Å². The molecule has 1 aromatic carbocycles. The lowest BCUT2D eigenvalue weighted by Gasteiger charge is -1.99. The summed E-state index contributed by atoms with van der Waals surface area (Å²) in [7, 11) is 0. The van der Waals surface area contributed by atoms with Gasteiger partial charge in [-0.25, -0.2) is 0 Å². The monoisotopic (exact) mass is 248 g/mol. The summed E-state index contributed by atoms with van der Waals surface area (Å²) in [6.07, 6.45) is 0.633. The molecule has 0 aliphatic rings.